The van der Waals surface area contributed by atoms with Gasteiger partial charge in [0.1, 0.15) is 0 Å². The molecule has 0 saturated heterocycles. The van der Waals surface area contributed by atoms with Gasteiger partial charge in [-0.1, -0.05) is 6.07 Å². The van der Waals surface area contributed by atoms with Gasteiger partial charge in [0.05, 0.1) is 25.8 Å². The lowest BCUT2D eigenvalue weighted by molar-refractivity contribution is -0.120. The number of amides is 2. The fourth-order valence-electron chi connectivity index (χ4n) is 3.30. The minimum absolute atomic E-state index is 0.139. The summed E-state index contributed by atoms with van der Waals surface area (Å²) in [6, 6.07) is 8.55. The Labute approximate surface area is 178 Å². The normalized spacial score (nSPS) is 15.0. The minimum Gasteiger partial charge on any atom is -0.493 e. The molecule has 156 valence electrons. The maximum Gasteiger partial charge on any atom is 0.287 e. The maximum absolute atomic E-state index is 12.2. The largest absolute Gasteiger partial charge is 0.493 e. The fraction of sp³-hybridized carbons (Fsp3) is 0.429. The van der Waals surface area contributed by atoms with Crippen LogP contribution in [0.25, 0.3) is 0 Å². The molecule has 3 rings (SSSR count). The van der Waals surface area contributed by atoms with Crippen LogP contribution in [0.5, 0.6) is 11.5 Å². The van der Waals surface area contributed by atoms with Crippen molar-refractivity contribution in [3.05, 3.63) is 46.3 Å². The minimum atomic E-state index is -0.450. The highest BCUT2D eigenvalue weighted by Gasteiger charge is 2.20. The van der Waals surface area contributed by atoms with Crippen molar-refractivity contribution in [2.75, 3.05) is 13.7 Å². The van der Waals surface area contributed by atoms with E-state index in [-0.39, 0.29) is 30.4 Å². The Morgan fingerprint density at radius 1 is 1.21 bits per heavy atom. The first kappa shape index (κ1) is 21.2. The van der Waals surface area contributed by atoms with Gasteiger partial charge in [0.25, 0.3) is 5.91 Å². The van der Waals surface area contributed by atoms with E-state index in [1.54, 1.807) is 13.2 Å². The molecule has 29 heavy (non-hydrogen) atoms. The maximum atomic E-state index is 12.2. The molecule has 0 bridgehead atoms. The number of methoxy groups -OCH3 is 1. The standard InChI is InChI=1S/C21H25BrN2O5/c1-13(24-20(25)12-23-21(26)17-9-10-19(22)29-17)14-7-8-16(18(11-14)27-2)28-15-5-3-4-6-15/h7-11,13,15H,3-6,12H2,1-2H3,(H,23,26)(H,24,25). The van der Waals surface area contributed by atoms with Gasteiger partial charge in [0.2, 0.25) is 5.91 Å². The average Bonchev–Trinajstić information content (AvgIpc) is 3.38. The lowest BCUT2D eigenvalue weighted by Gasteiger charge is -2.19. The van der Waals surface area contributed by atoms with Gasteiger partial charge in [-0.05, 0) is 78.4 Å². The molecule has 1 aliphatic carbocycles. The van der Waals surface area contributed by atoms with Crippen molar-refractivity contribution in [3.8, 4) is 11.5 Å². The Kier molecular flexibility index (Phi) is 7.19. The van der Waals surface area contributed by atoms with Crippen LogP contribution in [-0.2, 0) is 4.79 Å². The van der Waals surface area contributed by atoms with Crippen molar-refractivity contribution in [3.63, 3.8) is 0 Å². The molecular weight excluding hydrogens is 440 g/mol. The van der Waals surface area contributed by atoms with Gasteiger partial charge >= 0.3 is 0 Å². The van der Waals surface area contributed by atoms with E-state index in [1.807, 2.05) is 25.1 Å². The second-order valence-corrected chi connectivity index (χ2v) is 7.79. The molecule has 0 aliphatic heterocycles. The molecule has 0 radical (unpaired) electrons. The smallest absolute Gasteiger partial charge is 0.287 e. The second-order valence-electron chi connectivity index (χ2n) is 7.01. The van der Waals surface area contributed by atoms with Gasteiger partial charge in [-0.3, -0.25) is 9.59 Å². The third-order valence-electron chi connectivity index (χ3n) is 4.87. The zero-order chi connectivity index (χ0) is 20.8. The van der Waals surface area contributed by atoms with Crippen LogP contribution in [0.3, 0.4) is 0 Å². The highest BCUT2D eigenvalue weighted by Crippen LogP contribution is 2.33. The van der Waals surface area contributed by atoms with Crippen LogP contribution in [0, 0.1) is 0 Å². The Balaban J connectivity index is 1.54. The summed E-state index contributed by atoms with van der Waals surface area (Å²) in [6.45, 7) is 1.72. The van der Waals surface area contributed by atoms with Crippen molar-refractivity contribution in [1.29, 1.82) is 0 Å². The second kappa shape index (κ2) is 9.82. The molecule has 0 spiro atoms. The van der Waals surface area contributed by atoms with Crippen LogP contribution in [0.1, 0.15) is 54.8 Å². The molecule has 1 heterocycles. The summed E-state index contributed by atoms with van der Waals surface area (Å²) >= 11 is 3.13. The summed E-state index contributed by atoms with van der Waals surface area (Å²) in [5.41, 5.74) is 0.885. The van der Waals surface area contributed by atoms with E-state index in [4.69, 9.17) is 13.9 Å². The van der Waals surface area contributed by atoms with Crippen molar-refractivity contribution < 1.29 is 23.5 Å². The number of furan rings is 1. The van der Waals surface area contributed by atoms with Gasteiger partial charge in [-0.2, -0.15) is 0 Å². The molecule has 2 N–H and O–H groups in total. The number of hydrogen-bond acceptors (Lipinski definition) is 5. The first-order valence-electron chi connectivity index (χ1n) is 9.63. The zero-order valence-electron chi connectivity index (χ0n) is 16.5. The topological polar surface area (TPSA) is 89.8 Å². The van der Waals surface area contributed by atoms with E-state index in [0.29, 0.717) is 10.4 Å². The van der Waals surface area contributed by atoms with Crippen molar-refractivity contribution >= 4 is 27.7 Å². The number of carbonyl (C=O) groups is 2. The van der Waals surface area contributed by atoms with E-state index < -0.39 is 5.91 Å². The summed E-state index contributed by atoms with van der Waals surface area (Å²) in [7, 11) is 1.60. The Morgan fingerprint density at radius 3 is 2.62 bits per heavy atom. The summed E-state index contributed by atoms with van der Waals surface area (Å²) in [6.07, 6.45) is 4.77. The number of ether oxygens (including phenoxy) is 2. The molecule has 1 unspecified atom stereocenters. The number of carbonyl (C=O) groups excluding carboxylic acids is 2. The first-order valence-corrected chi connectivity index (χ1v) is 10.4. The summed E-state index contributed by atoms with van der Waals surface area (Å²) in [5, 5.41) is 5.39. The van der Waals surface area contributed by atoms with Gasteiger partial charge < -0.3 is 24.5 Å². The van der Waals surface area contributed by atoms with E-state index in [0.717, 1.165) is 24.2 Å². The molecule has 7 nitrogen and oxygen atoms in total. The van der Waals surface area contributed by atoms with E-state index in [9.17, 15) is 9.59 Å². The van der Waals surface area contributed by atoms with E-state index in [1.165, 1.54) is 18.9 Å². The Hall–Kier alpha value is -2.48. The molecule has 1 aliphatic rings. The molecule has 8 heteroatoms. The zero-order valence-corrected chi connectivity index (χ0v) is 18.1. The third kappa shape index (κ3) is 5.76. The van der Waals surface area contributed by atoms with Crippen LogP contribution in [0.2, 0.25) is 0 Å². The first-order chi connectivity index (χ1) is 14.0. The Bertz CT molecular complexity index is 861. The summed E-state index contributed by atoms with van der Waals surface area (Å²) in [4.78, 5) is 24.1. The third-order valence-corrected chi connectivity index (χ3v) is 5.29. The average molecular weight is 465 g/mol. The molecule has 1 atom stereocenters. The highest BCUT2D eigenvalue weighted by atomic mass is 79.9. The SMILES string of the molecule is COc1cc(C(C)NC(=O)CNC(=O)c2ccc(Br)o2)ccc1OC1CCCC1. The summed E-state index contributed by atoms with van der Waals surface area (Å²) in [5.74, 6) is 0.751. The molecular formula is C21H25BrN2O5. The summed E-state index contributed by atoms with van der Waals surface area (Å²) < 4.78 is 17.1. The quantitative estimate of drug-likeness (QED) is 0.616. The fourth-order valence-corrected chi connectivity index (χ4v) is 3.60. The molecule has 1 aromatic heterocycles. The van der Waals surface area contributed by atoms with Crippen molar-refractivity contribution in [2.24, 2.45) is 0 Å². The van der Waals surface area contributed by atoms with Crippen molar-refractivity contribution in [2.45, 2.75) is 44.8 Å². The number of halogens is 1. The Morgan fingerprint density at radius 2 is 1.97 bits per heavy atom. The molecule has 1 saturated carbocycles. The van der Waals surface area contributed by atoms with Gasteiger partial charge in [0, 0.05) is 0 Å². The van der Waals surface area contributed by atoms with Crippen molar-refractivity contribution in [1.82, 2.24) is 10.6 Å². The van der Waals surface area contributed by atoms with Crippen LogP contribution >= 0.6 is 15.9 Å². The van der Waals surface area contributed by atoms with Crippen LogP contribution in [0.15, 0.2) is 39.4 Å². The predicted molar refractivity (Wildman–Crippen MR) is 111 cm³/mol. The highest BCUT2D eigenvalue weighted by molar-refractivity contribution is 9.10. The monoisotopic (exact) mass is 464 g/mol. The molecule has 2 aromatic rings. The van der Waals surface area contributed by atoms with E-state index >= 15 is 0 Å². The lowest BCUT2D eigenvalue weighted by atomic mass is 10.1. The number of hydrogen-bond donors (Lipinski definition) is 2. The van der Waals surface area contributed by atoms with Crippen LogP contribution in [-0.4, -0.2) is 31.6 Å². The van der Waals surface area contributed by atoms with Crippen LogP contribution < -0.4 is 20.1 Å². The van der Waals surface area contributed by atoms with Gasteiger partial charge in [-0.25, -0.2) is 0 Å². The van der Waals surface area contributed by atoms with Gasteiger partial charge in [0.15, 0.2) is 21.9 Å². The number of rotatable bonds is 8. The van der Waals surface area contributed by atoms with Gasteiger partial charge in [-0.15, -0.1) is 0 Å². The van der Waals surface area contributed by atoms with E-state index in [2.05, 4.69) is 26.6 Å². The number of benzene rings is 1. The van der Waals surface area contributed by atoms with Crippen LogP contribution in [0.4, 0.5) is 0 Å². The lowest BCUT2D eigenvalue weighted by Crippen LogP contribution is -2.37. The molecule has 1 fully saturated rings. The predicted octanol–water partition coefficient (Wildman–Crippen LogP) is 3.98. The molecule has 2 amide bonds. The molecule has 1 aromatic carbocycles. The number of nitrogens with one attached hydrogen (secondary N) is 2.